The van der Waals surface area contributed by atoms with Gasteiger partial charge in [0.05, 0.1) is 23.1 Å². The maximum atomic E-state index is 4.61. The molecule has 2 aromatic rings. The number of rotatable bonds is 1. The highest BCUT2D eigenvalue weighted by molar-refractivity contribution is 5.82. The number of piperazine rings is 1. The molecule has 18 heavy (non-hydrogen) atoms. The van der Waals surface area contributed by atoms with Crippen molar-refractivity contribution >= 4 is 16.9 Å². The lowest BCUT2D eigenvalue weighted by molar-refractivity contribution is 0.580. The Morgan fingerprint density at radius 1 is 1.11 bits per heavy atom. The number of aryl methyl sites for hydroxylation is 2. The monoisotopic (exact) mass is 244 g/mol. The molecule has 1 fully saturated rings. The molecule has 6 heteroatoms. The molecule has 94 valence electrons. The van der Waals surface area contributed by atoms with Crippen molar-refractivity contribution in [2.75, 3.05) is 31.1 Å². The van der Waals surface area contributed by atoms with Gasteiger partial charge in [-0.05, 0) is 13.8 Å². The first-order valence-electron chi connectivity index (χ1n) is 6.18. The zero-order valence-corrected chi connectivity index (χ0v) is 10.6. The number of fused-ring (bicyclic) bond motifs is 1. The lowest BCUT2D eigenvalue weighted by Gasteiger charge is -2.27. The second-order valence-corrected chi connectivity index (χ2v) is 4.54. The number of nitrogens with zero attached hydrogens (tertiary/aromatic N) is 5. The zero-order valence-electron chi connectivity index (χ0n) is 10.6. The third-order valence-electron chi connectivity index (χ3n) is 3.26. The van der Waals surface area contributed by atoms with Crippen LogP contribution < -0.4 is 10.2 Å². The first kappa shape index (κ1) is 11.3. The Kier molecular flexibility index (Phi) is 2.79. The zero-order chi connectivity index (χ0) is 12.5. The van der Waals surface area contributed by atoms with Crippen molar-refractivity contribution in [2.24, 2.45) is 0 Å². The van der Waals surface area contributed by atoms with Crippen LogP contribution in [0.15, 0.2) is 6.20 Å². The van der Waals surface area contributed by atoms with Crippen molar-refractivity contribution < 1.29 is 0 Å². The van der Waals surface area contributed by atoms with Crippen molar-refractivity contribution in [1.29, 1.82) is 0 Å². The van der Waals surface area contributed by atoms with Gasteiger partial charge in [0.2, 0.25) is 5.95 Å². The van der Waals surface area contributed by atoms with E-state index in [1.54, 1.807) is 6.20 Å². The maximum absolute atomic E-state index is 4.61. The Morgan fingerprint density at radius 3 is 2.67 bits per heavy atom. The first-order valence-corrected chi connectivity index (χ1v) is 6.18. The van der Waals surface area contributed by atoms with Crippen LogP contribution in [-0.4, -0.2) is 46.3 Å². The molecule has 0 aliphatic carbocycles. The molecule has 1 aliphatic heterocycles. The summed E-state index contributed by atoms with van der Waals surface area (Å²) in [5.41, 5.74) is 2.74. The second kappa shape index (κ2) is 4.45. The smallest absolute Gasteiger partial charge is 0.226 e. The first-order chi connectivity index (χ1) is 8.75. The Balaban J connectivity index is 2.09. The minimum atomic E-state index is 0.800. The van der Waals surface area contributed by atoms with E-state index in [0.29, 0.717) is 0 Å². The van der Waals surface area contributed by atoms with Gasteiger partial charge in [-0.15, -0.1) is 0 Å². The molecular formula is C12H16N6. The molecule has 1 saturated heterocycles. The van der Waals surface area contributed by atoms with Gasteiger partial charge in [0.25, 0.3) is 0 Å². The molecule has 6 nitrogen and oxygen atoms in total. The largest absolute Gasteiger partial charge is 0.338 e. The van der Waals surface area contributed by atoms with Gasteiger partial charge in [-0.2, -0.15) is 10.2 Å². The molecular weight excluding hydrogens is 228 g/mol. The van der Waals surface area contributed by atoms with Crippen LogP contribution in [0.25, 0.3) is 10.9 Å². The molecule has 0 amide bonds. The Labute approximate surface area is 105 Å². The fourth-order valence-electron chi connectivity index (χ4n) is 2.35. The molecule has 0 bridgehead atoms. The molecule has 1 aliphatic rings. The number of nitrogens with one attached hydrogen (secondary N) is 1. The van der Waals surface area contributed by atoms with Crippen molar-refractivity contribution in [2.45, 2.75) is 13.8 Å². The van der Waals surface area contributed by atoms with E-state index in [1.807, 2.05) is 13.8 Å². The molecule has 0 spiro atoms. The van der Waals surface area contributed by atoms with Crippen LogP contribution in [-0.2, 0) is 0 Å². The third kappa shape index (κ3) is 1.88. The third-order valence-corrected chi connectivity index (χ3v) is 3.26. The lowest BCUT2D eigenvalue weighted by Crippen LogP contribution is -2.44. The van der Waals surface area contributed by atoms with E-state index < -0.39 is 0 Å². The quantitative estimate of drug-likeness (QED) is 0.785. The highest BCUT2D eigenvalue weighted by Gasteiger charge is 2.15. The number of hydrogen-bond donors (Lipinski definition) is 1. The van der Waals surface area contributed by atoms with Gasteiger partial charge in [0, 0.05) is 31.6 Å². The van der Waals surface area contributed by atoms with Gasteiger partial charge in [-0.25, -0.2) is 9.97 Å². The molecule has 0 atom stereocenters. The average Bonchev–Trinajstić information content (AvgIpc) is 2.39. The molecule has 0 unspecified atom stereocenters. The second-order valence-electron chi connectivity index (χ2n) is 4.54. The predicted octanol–water partition coefficient (Wildman–Crippen LogP) is 0.446. The minimum Gasteiger partial charge on any atom is -0.338 e. The standard InChI is InChI=1S/C12H16N6/c1-8-11-9(2)17-14-7-10(11)16-12(15-8)18-5-3-13-4-6-18/h7,13H,3-6H2,1-2H3. The molecule has 0 radical (unpaired) electrons. The average molecular weight is 244 g/mol. The Morgan fingerprint density at radius 2 is 1.89 bits per heavy atom. The summed E-state index contributed by atoms with van der Waals surface area (Å²) >= 11 is 0. The predicted molar refractivity (Wildman–Crippen MR) is 69.7 cm³/mol. The molecule has 1 N–H and O–H groups in total. The molecule has 3 heterocycles. The van der Waals surface area contributed by atoms with Gasteiger partial charge >= 0.3 is 0 Å². The number of anilines is 1. The van der Waals surface area contributed by atoms with Crippen molar-refractivity contribution in [3.8, 4) is 0 Å². The highest BCUT2D eigenvalue weighted by atomic mass is 15.3. The summed E-state index contributed by atoms with van der Waals surface area (Å²) in [7, 11) is 0. The SMILES string of the molecule is Cc1nncc2nc(N3CCNCC3)nc(C)c12. The number of aromatic nitrogens is 4. The topological polar surface area (TPSA) is 66.8 Å². The summed E-state index contributed by atoms with van der Waals surface area (Å²) in [6.45, 7) is 7.80. The molecule has 3 rings (SSSR count). The summed E-state index contributed by atoms with van der Waals surface area (Å²) in [5, 5.41) is 12.4. The van der Waals surface area contributed by atoms with E-state index in [-0.39, 0.29) is 0 Å². The maximum Gasteiger partial charge on any atom is 0.226 e. The Bertz CT molecular complexity index is 576. The van der Waals surface area contributed by atoms with Gasteiger partial charge < -0.3 is 10.2 Å². The van der Waals surface area contributed by atoms with Gasteiger partial charge in [0.1, 0.15) is 0 Å². The van der Waals surface area contributed by atoms with Crippen LogP contribution in [0.1, 0.15) is 11.4 Å². The van der Waals surface area contributed by atoms with Crippen molar-refractivity contribution in [3.05, 3.63) is 17.6 Å². The molecule has 0 aromatic carbocycles. The summed E-state index contributed by atoms with van der Waals surface area (Å²) in [4.78, 5) is 11.4. The van der Waals surface area contributed by atoms with Gasteiger partial charge in [0.15, 0.2) is 0 Å². The van der Waals surface area contributed by atoms with Crippen LogP contribution in [0.3, 0.4) is 0 Å². The van der Waals surface area contributed by atoms with E-state index >= 15 is 0 Å². The van der Waals surface area contributed by atoms with Crippen LogP contribution in [0.4, 0.5) is 5.95 Å². The summed E-state index contributed by atoms with van der Waals surface area (Å²) in [6, 6.07) is 0. The molecule has 2 aromatic heterocycles. The van der Waals surface area contributed by atoms with Crippen molar-refractivity contribution in [1.82, 2.24) is 25.5 Å². The van der Waals surface area contributed by atoms with E-state index in [2.05, 4.69) is 30.4 Å². The van der Waals surface area contributed by atoms with Gasteiger partial charge in [-0.3, -0.25) is 0 Å². The molecule has 0 saturated carbocycles. The van der Waals surface area contributed by atoms with Crippen molar-refractivity contribution in [3.63, 3.8) is 0 Å². The normalized spacial score (nSPS) is 16.2. The van der Waals surface area contributed by atoms with Crippen LogP contribution in [0, 0.1) is 13.8 Å². The van der Waals surface area contributed by atoms with Gasteiger partial charge in [-0.1, -0.05) is 0 Å². The highest BCUT2D eigenvalue weighted by Crippen LogP contribution is 2.20. The van der Waals surface area contributed by atoms with E-state index in [4.69, 9.17) is 0 Å². The number of hydrogen-bond acceptors (Lipinski definition) is 6. The van der Waals surface area contributed by atoms with E-state index in [1.165, 1.54) is 0 Å². The van der Waals surface area contributed by atoms with Crippen LogP contribution in [0.2, 0.25) is 0 Å². The van der Waals surface area contributed by atoms with E-state index in [0.717, 1.165) is 54.4 Å². The Hall–Kier alpha value is -1.82. The fraction of sp³-hybridized carbons (Fsp3) is 0.500. The minimum absolute atomic E-state index is 0.800. The van der Waals surface area contributed by atoms with E-state index in [9.17, 15) is 0 Å². The van der Waals surface area contributed by atoms with Crippen LogP contribution >= 0.6 is 0 Å². The fourth-order valence-corrected chi connectivity index (χ4v) is 2.35. The summed E-state index contributed by atoms with van der Waals surface area (Å²) in [5.74, 6) is 0.800. The summed E-state index contributed by atoms with van der Waals surface area (Å²) < 4.78 is 0. The lowest BCUT2D eigenvalue weighted by atomic mass is 10.2. The van der Waals surface area contributed by atoms with Crippen LogP contribution in [0.5, 0.6) is 0 Å². The summed E-state index contributed by atoms with van der Waals surface area (Å²) in [6.07, 6.45) is 1.71.